The average molecular weight is 312 g/mol. The molecule has 1 N–H and O–H groups in total. The molecule has 0 aromatic heterocycles. The van der Waals surface area contributed by atoms with Gasteiger partial charge in [-0.15, -0.1) is 0 Å². The van der Waals surface area contributed by atoms with Crippen molar-refractivity contribution in [2.45, 2.75) is 58.4 Å². The molecule has 0 amide bonds. The van der Waals surface area contributed by atoms with Crippen molar-refractivity contribution in [1.82, 2.24) is 5.32 Å². The van der Waals surface area contributed by atoms with Crippen LogP contribution < -0.4 is 5.32 Å². The van der Waals surface area contributed by atoms with Crippen LogP contribution in [0.25, 0.3) is 0 Å². The first-order valence-corrected chi connectivity index (χ1v) is 8.69. The summed E-state index contributed by atoms with van der Waals surface area (Å²) in [4.78, 5) is 0. The third-order valence-corrected chi connectivity index (χ3v) is 5.11. The minimum absolute atomic E-state index is 0.185. The zero-order chi connectivity index (χ0) is 15.2. The predicted molar refractivity (Wildman–Crippen MR) is 88.3 cm³/mol. The Labute approximate surface area is 133 Å². The summed E-state index contributed by atoms with van der Waals surface area (Å²) in [5.41, 5.74) is 0.960. The Bertz CT molecular complexity index is 449. The van der Waals surface area contributed by atoms with Crippen molar-refractivity contribution in [1.29, 1.82) is 0 Å². The van der Waals surface area contributed by atoms with E-state index < -0.39 is 0 Å². The van der Waals surface area contributed by atoms with Crippen LogP contribution in [0.1, 0.15) is 51.5 Å². The van der Waals surface area contributed by atoms with Crippen molar-refractivity contribution in [3.63, 3.8) is 0 Å². The first kappa shape index (κ1) is 16.8. The molecule has 0 heterocycles. The lowest BCUT2D eigenvalue weighted by atomic mass is 9.74. The van der Waals surface area contributed by atoms with Gasteiger partial charge in [0.25, 0.3) is 0 Å². The minimum Gasteiger partial charge on any atom is -0.314 e. The standard InChI is InChI=1S/C18H27ClFN/c1-3-5-13-6-9-18(21-4-2)15(10-13)11-14-12-16(20)7-8-17(14)19/h7-8,12-13,15,18,21H,3-6,9-11H2,1-2H3. The molecule has 2 rings (SSSR count). The summed E-state index contributed by atoms with van der Waals surface area (Å²) < 4.78 is 13.5. The summed E-state index contributed by atoms with van der Waals surface area (Å²) in [6.07, 6.45) is 7.23. The van der Waals surface area contributed by atoms with E-state index in [1.165, 1.54) is 38.2 Å². The van der Waals surface area contributed by atoms with E-state index in [0.717, 1.165) is 24.4 Å². The average Bonchev–Trinajstić information content (AvgIpc) is 2.46. The first-order chi connectivity index (χ1) is 10.1. The fourth-order valence-electron chi connectivity index (χ4n) is 3.77. The van der Waals surface area contributed by atoms with Gasteiger partial charge in [0.15, 0.2) is 0 Å². The zero-order valence-electron chi connectivity index (χ0n) is 13.2. The molecule has 21 heavy (non-hydrogen) atoms. The molecule has 0 radical (unpaired) electrons. The maximum absolute atomic E-state index is 13.5. The van der Waals surface area contributed by atoms with Crippen LogP contribution in [0.3, 0.4) is 0 Å². The van der Waals surface area contributed by atoms with E-state index in [2.05, 4.69) is 19.2 Å². The number of rotatable bonds is 6. The summed E-state index contributed by atoms with van der Waals surface area (Å²) in [6.45, 7) is 5.41. The van der Waals surface area contributed by atoms with Crippen LogP contribution in [0.4, 0.5) is 4.39 Å². The third kappa shape index (κ3) is 4.69. The minimum atomic E-state index is -0.185. The lowest BCUT2D eigenvalue weighted by Crippen LogP contribution is -2.41. The van der Waals surface area contributed by atoms with Gasteiger partial charge in [-0.2, -0.15) is 0 Å². The molecule has 1 nitrogen and oxygen atoms in total. The molecule has 1 aromatic carbocycles. The number of benzene rings is 1. The second-order valence-electron chi connectivity index (χ2n) is 6.33. The predicted octanol–water partition coefficient (Wildman–Crippen LogP) is 5.22. The lowest BCUT2D eigenvalue weighted by molar-refractivity contribution is 0.195. The highest BCUT2D eigenvalue weighted by molar-refractivity contribution is 6.31. The summed E-state index contributed by atoms with van der Waals surface area (Å²) in [6, 6.07) is 5.27. The van der Waals surface area contributed by atoms with Crippen molar-refractivity contribution in [2.75, 3.05) is 6.54 Å². The second-order valence-corrected chi connectivity index (χ2v) is 6.74. The van der Waals surface area contributed by atoms with E-state index in [1.54, 1.807) is 12.1 Å². The lowest BCUT2D eigenvalue weighted by Gasteiger charge is -2.37. The molecule has 3 heteroatoms. The van der Waals surface area contributed by atoms with Crippen LogP contribution in [0.2, 0.25) is 5.02 Å². The quantitative estimate of drug-likeness (QED) is 0.760. The van der Waals surface area contributed by atoms with E-state index in [9.17, 15) is 4.39 Å². The second kappa shape index (κ2) is 8.14. The molecule has 1 aliphatic carbocycles. The number of hydrogen-bond donors (Lipinski definition) is 1. The first-order valence-electron chi connectivity index (χ1n) is 8.31. The van der Waals surface area contributed by atoms with Gasteiger partial charge in [0.05, 0.1) is 0 Å². The Balaban J connectivity index is 2.09. The molecule has 0 saturated heterocycles. The van der Waals surface area contributed by atoms with Gasteiger partial charge in [0.2, 0.25) is 0 Å². The smallest absolute Gasteiger partial charge is 0.123 e. The van der Waals surface area contributed by atoms with Gasteiger partial charge in [0, 0.05) is 11.1 Å². The van der Waals surface area contributed by atoms with E-state index in [1.807, 2.05) is 0 Å². The van der Waals surface area contributed by atoms with Gasteiger partial charge >= 0.3 is 0 Å². The van der Waals surface area contributed by atoms with Gasteiger partial charge in [-0.25, -0.2) is 4.39 Å². The summed E-state index contributed by atoms with van der Waals surface area (Å²) in [5, 5.41) is 4.31. The van der Waals surface area contributed by atoms with Crippen LogP contribution in [0.15, 0.2) is 18.2 Å². The van der Waals surface area contributed by atoms with E-state index in [0.29, 0.717) is 17.0 Å². The molecule has 118 valence electrons. The topological polar surface area (TPSA) is 12.0 Å². The Morgan fingerprint density at radius 3 is 2.81 bits per heavy atom. The molecule has 0 spiro atoms. The third-order valence-electron chi connectivity index (χ3n) is 4.74. The molecule has 1 fully saturated rings. The monoisotopic (exact) mass is 311 g/mol. The van der Waals surface area contributed by atoms with Crippen molar-refractivity contribution in [2.24, 2.45) is 11.8 Å². The zero-order valence-corrected chi connectivity index (χ0v) is 13.9. The number of hydrogen-bond acceptors (Lipinski definition) is 1. The van der Waals surface area contributed by atoms with E-state index >= 15 is 0 Å². The van der Waals surface area contributed by atoms with Crippen LogP contribution in [0, 0.1) is 17.7 Å². The summed E-state index contributed by atoms with van der Waals surface area (Å²) in [5.74, 6) is 1.20. The van der Waals surface area contributed by atoms with Crippen molar-refractivity contribution in [3.8, 4) is 0 Å². The normalized spacial score (nSPS) is 26.0. The molecule has 1 aliphatic rings. The SMILES string of the molecule is CCCC1CCC(NCC)C(Cc2cc(F)ccc2Cl)C1. The number of halogens is 2. The number of nitrogens with one attached hydrogen (secondary N) is 1. The molecular weight excluding hydrogens is 285 g/mol. The van der Waals surface area contributed by atoms with E-state index in [-0.39, 0.29) is 5.82 Å². The molecule has 1 aromatic rings. The van der Waals surface area contributed by atoms with Crippen LogP contribution in [-0.2, 0) is 6.42 Å². The Morgan fingerprint density at radius 2 is 2.10 bits per heavy atom. The van der Waals surface area contributed by atoms with Gasteiger partial charge < -0.3 is 5.32 Å². The Hall–Kier alpha value is -0.600. The van der Waals surface area contributed by atoms with Crippen LogP contribution in [0.5, 0.6) is 0 Å². The van der Waals surface area contributed by atoms with Gasteiger partial charge in [0.1, 0.15) is 5.82 Å². The fourth-order valence-corrected chi connectivity index (χ4v) is 3.97. The fraction of sp³-hybridized carbons (Fsp3) is 0.667. The highest BCUT2D eigenvalue weighted by Gasteiger charge is 2.30. The van der Waals surface area contributed by atoms with Gasteiger partial charge in [-0.1, -0.05) is 38.3 Å². The van der Waals surface area contributed by atoms with Gasteiger partial charge in [-0.05, 0) is 67.8 Å². The van der Waals surface area contributed by atoms with Crippen molar-refractivity contribution >= 4 is 11.6 Å². The molecule has 3 atom stereocenters. The highest BCUT2D eigenvalue weighted by atomic mass is 35.5. The largest absolute Gasteiger partial charge is 0.314 e. The molecule has 0 bridgehead atoms. The van der Waals surface area contributed by atoms with Crippen molar-refractivity contribution < 1.29 is 4.39 Å². The van der Waals surface area contributed by atoms with Crippen molar-refractivity contribution in [3.05, 3.63) is 34.6 Å². The maximum atomic E-state index is 13.5. The summed E-state index contributed by atoms with van der Waals surface area (Å²) >= 11 is 6.25. The Kier molecular flexibility index (Phi) is 6.50. The summed E-state index contributed by atoms with van der Waals surface area (Å²) in [7, 11) is 0. The molecule has 1 saturated carbocycles. The maximum Gasteiger partial charge on any atom is 0.123 e. The molecule has 3 unspecified atom stereocenters. The Morgan fingerprint density at radius 1 is 1.29 bits per heavy atom. The van der Waals surface area contributed by atoms with Crippen LogP contribution in [-0.4, -0.2) is 12.6 Å². The molecular formula is C18H27ClFN. The van der Waals surface area contributed by atoms with Crippen LogP contribution >= 0.6 is 11.6 Å². The van der Waals surface area contributed by atoms with E-state index in [4.69, 9.17) is 11.6 Å². The highest BCUT2D eigenvalue weighted by Crippen LogP contribution is 2.35. The molecule has 0 aliphatic heterocycles. The van der Waals surface area contributed by atoms with Gasteiger partial charge in [-0.3, -0.25) is 0 Å².